The molecule has 6 nitrogen and oxygen atoms in total. The first-order valence-corrected chi connectivity index (χ1v) is 9.40. The summed E-state index contributed by atoms with van der Waals surface area (Å²) in [6.07, 6.45) is -2.31. The number of hydrogen-bond acceptors (Lipinski definition) is 6. The maximum atomic E-state index is 13.9. The van der Waals surface area contributed by atoms with E-state index >= 15 is 0 Å². The molecule has 1 aromatic heterocycles. The van der Waals surface area contributed by atoms with E-state index in [0.717, 1.165) is 24.2 Å². The second-order valence-corrected chi connectivity index (χ2v) is 6.95. The molecule has 1 aromatic rings. The molecule has 1 atom stereocenters. The number of unbranched alkanes of at least 4 members (excludes halogenated alkanes) is 1. The van der Waals surface area contributed by atoms with Crippen molar-refractivity contribution in [1.82, 2.24) is 10.3 Å². The van der Waals surface area contributed by atoms with Crippen LogP contribution in [0, 0.1) is 0 Å². The van der Waals surface area contributed by atoms with Gasteiger partial charge < -0.3 is 15.4 Å². The molecular formula is C16H22F3N3O3S. The van der Waals surface area contributed by atoms with Crippen molar-refractivity contribution in [3.63, 3.8) is 0 Å². The lowest BCUT2D eigenvalue weighted by Crippen LogP contribution is -2.69. The number of anilines is 1. The van der Waals surface area contributed by atoms with Crippen LogP contribution in [0.3, 0.4) is 0 Å². The lowest BCUT2D eigenvalue weighted by Gasteiger charge is -2.34. The molecule has 26 heavy (non-hydrogen) atoms. The number of halogens is 3. The number of thiazole rings is 1. The highest BCUT2D eigenvalue weighted by Gasteiger charge is 2.64. The minimum absolute atomic E-state index is 0.0898. The molecule has 1 amide bonds. The Balaban J connectivity index is 2.32. The van der Waals surface area contributed by atoms with Crippen molar-refractivity contribution < 1.29 is 27.5 Å². The van der Waals surface area contributed by atoms with Gasteiger partial charge in [-0.25, -0.2) is 9.78 Å². The van der Waals surface area contributed by atoms with Gasteiger partial charge in [0.15, 0.2) is 5.13 Å². The first-order chi connectivity index (χ1) is 12.2. The minimum Gasteiger partial charge on any atom is -0.463 e. The van der Waals surface area contributed by atoms with Crippen LogP contribution in [0.4, 0.5) is 18.3 Å². The number of amides is 1. The highest BCUT2D eigenvalue weighted by atomic mass is 32.1. The SMILES string of the molecule is CCCCC(=O)N[C@](Nc1nc(C2CC2)cs1)(C(=O)OCC)C(F)(F)F. The standard InChI is InChI=1S/C16H22F3N3O3S/c1-3-5-6-12(23)21-15(16(17,18)19,13(24)25-4-2)22-14-20-11(9-26-14)10-7-8-10/h9-10H,3-8H2,1-2H3,(H,20,22)(H,21,23)/t15-/m0/s1. The van der Waals surface area contributed by atoms with Crippen molar-refractivity contribution >= 4 is 28.3 Å². The Kier molecular flexibility index (Phi) is 6.48. The van der Waals surface area contributed by atoms with Crippen LogP contribution in [0.15, 0.2) is 5.38 Å². The van der Waals surface area contributed by atoms with E-state index in [1.165, 1.54) is 6.92 Å². The summed E-state index contributed by atoms with van der Waals surface area (Å²) in [6, 6.07) is 0. The average molecular weight is 393 g/mol. The summed E-state index contributed by atoms with van der Waals surface area (Å²) in [7, 11) is 0. The number of alkyl halides is 3. The molecule has 0 saturated heterocycles. The number of aromatic nitrogens is 1. The Labute approximate surface area is 153 Å². The van der Waals surface area contributed by atoms with Gasteiger partial charge in [0.25, 0.3) is 0 Å². The predicted octanol–water partition coefficient (Wildman–Crippen LogP) is 3.56. The number of hydrogen-bond donors (Lipinski definition) is 2. The maximum absolute atomic E-state index is 13.9. The van der Waals surface area contributed by atoms with Crippen LogP contribution < -0.4 is 10.6 Å². The quantitative estimate of drug-likeness (QED) is 0.495. The number of nitrogens with zero attached hydrogens (tertiary/aromatic N) is 1. The molecule has 10 heteroatoms. The molecule has 1 saturated carbocycles. The largest absolute Gasteiger partial charge is 0.463 e. The van der Waals surface area contributed by atoms with E-state index in [1.807, 2.05) is 12.2 Å². The molecule has 1 aliphatic carbocycles. The molecule has 0 bridgehead atoms. The first-order valence-electron chi connectivity index (χ1n) is 8.52. The monoisotopic (exact) mass is 393 g/mol. The van der Waals surface area contributed by atoms with Crippen molar-refractivity contribution in [2.24, 2.45) is 0 Å². The summed E-state index contributed by atoms with van der Waals surface area (Å²) in [6.45, 7) is 2.95. The summed E-state index contributed by atoms with van der Waals surface area (Å²) in [5, 5.41) is 5.48. The van der Waals surface area contributed by atoms with Gasteiger partial charge in [0.2, 0.25) is 5.91 Å². The van der Waals surface area contributed by atoms with Gasteiger partial charge in [-0.2, -0.15) is 13.2 Å². The number of ether oxygens (including phenoxy) is 1. The van der Waals surface area contributed by atoms with E-state index in [-0.39, 0.29) is 24.1 Å². The summed E-state index contributed by atoms with van der Waals surface area (Å²) in [5.74, 6) is -2.24. The Hall–Kier alpha value is -1.84. The maximum Gasteiger partial charge on any atom is 0.442 e. The molecule has 146 valence electrons. The van der Waals surface area contributed by atoms with Gasteiger partial charge in [-0.1, -0.05) is 13.3 Å². The smallest absolute Gasteiger partial charge is 0.442 e. The van der Waals surface area contributed by atoms with Crippen LogP contribution in [0.1, 0.15) is 57.6 Å². The van der Waals surface area contributed by atoms with E-state index in [1.54, 1.807) is 5.38 Å². The predicted molar refractivity (Wildman–Crippen MR) is 90.8 cm³/mol. The highest BCUT2D eigenvalue weighted by molar-refractivity contribution is 7.13. The van der Waals surface area contributed by atoms with Gasteiger partial charge in [0.1, 0.15) is 0 Å². The highest BCUT2D eigenvalue weighted by Crippen LogP contribution is 2.42. The van der Waals surface area contributed by atoms with Crippen molar-refractivity contribution in [2.45, 2.75) is 63.7 Å². The molecule has 1 heterocycles. The third-order valence-corrected chi connectivity index (χ3v) is 4.68. The van der Waals surface area contributed by atoms with Gasteiger partial charge in [0, 0.05) is 17.7 Å². The number of esters is 1. The van der Waals surface area contributed by atoms with E-state index < -0.39 is 23.7 Å². The van der Waals surface area contributed by atoms with Crippen LogP contribution >= 0.6 is 11.3 Å². The topological polar surface area (TPSA) is 80.3 Å². The number of nitrogens with one attached hydrogen (secondary N) is 2. The zero-order valence-corrected chi connectivity index (χ0v) is 15.4. The first kappa shape index (κ1) is 20.5. The minimum atomic E-state index is -5.12. The van der Waals surface area contributed by atoms with Gasteiger partial charge >= 0.3 is 17.8 Å². The number of rotatable bonds is 9. The lowest BCUT2D eigenvalue weighted by atomic mass is 10.1. The van der Waals surface area contributed by atoms with Crippen molar-refractivity contribution in [2.75, 3.05) is 11.9 Å². The second kappa shape index (κ2) is 8.24. The fourth-order valence-electron chi connectivity index (χ4n) is 2.31. The molecule has 0 aliphatic heterocycles. The van der Waals surface area contributed by atoms with Gasteiger partial charge in [-0.3, -0.25) is 4.79 Å². The Morgan fingerprint density at radius 3 is 2.58 bits per heavy atom. The molecule has 0 unspecified atom stereocenters. The molecule has 1 fully saturated rings. The zero-order valence-electron chi connectivity index (χ0n) is 14.6. The lowest BCUT2D eigenvalue weighted by molar-refractivity contribution is -0.207. The van der Waals surface area contributed by atoms with Crippen LogP contribution in [-0.4, -0.2) is 35.3 Å². The van der Waals surface area contributed by atoms with Crippen molar-refractivity contribution in [1.29, 1.82) is 0 Å². The fourth-order valence-corrected chi connectivity index (χ4v) is 3.16. The summed E-state index contributed by atoms with van der Waals surface area (Å²) in [4.78, 5) is 28.4. The van der Waals surface area contributed by atoms with Crippen LogP contribution in [0.5, 0.6) is 0 Å². The summed E-state index contributed by atoms with van der Waals surface area (Å²) < 4.78 is 46.3. The number of carbonyl (C=O) groups is 2. The van der Waals surface area contributed by atoms with E-state index in [0.29, 0.717) is 18.5 Å². The molecule has 2 N–H and O–H groups in total. The van der Waals surface area contributed by atoms with Crippen LogP contribution in [0.25, 0.3) is 0 Å². The third-order valence-electron chi connectivity index (χ3n) is 3.90. The Morgan fingerprint density at radius 2 is 2.04 bits per heavy atom. The fraction of sp³-hybridized carbons (Fsp3) is 0.688. The normalized spacial score (nSPS) is 16.7. The van der Waals surface area contributed by atoms with Gasteiger partial charge in [-0.05, 0) is 26.2 Å². The van der Waals surface area contributed by atoms with E-state index in [2.05, 4.69) is 15.0 Å². The third kappa shape index (κ3) is 4.66. The van der Waals surface area contributed by atoms with Crippen molar-refractivity contribution in [3.05, 3.63) is 11.1 Å². The summed E-state index contributed by atoms with van der Waals surface area (Å²) >= 11 is 0.960. The molecule has 0 radical (unpaired) electrons. The van der Waals surface area contributed by atoms with Crippen LogP contribution in [-0.2, 0) is 14.3 Å². The number of carbonyl (C=O) groups excluding carboxylic acids is 2. The molecule has 0 spiro atoms. The van der Waals surface area contributed by atoms with E-state index in [9.17, 15) is 22.8 Å². The molecule has 1 aliphatic rings. The zero-order chi connectivity index (χ0) is 19.4. The van der Waals surface area contributed by atoms with Crippen molar-refractivity contribution in [3.8, 4) is 0 Å². The van der Waals surface area contributed by atoms with Crippen LogP contribution in [0.2, 0.25) is 0 Å². The Morgan fingerprint density at radius 1 is 1.35 bits per heavy atom. The summed E-state index contributed by atoms with van der Waals surface area (Å²) in [5.41, 5.74) is -2.68. The molecule has 2 rings (SSSR count). The molecular weight excluding hydrogens is 371 g/mol. The van der Waals surface area contributed by atoms with E-state index in [4.69, 9.17) is 0 Å². The Bertz CT molecular complexity index is 646. The van der Waals surface area contributed by atoms with Gasteiger partial charge in [-0.15, -0.1) is 11.3 Å². The van der Waals surface area contributed by atoms with Gasteiger partial charge in [0.05, 0.1) is 12.3 Å². The average Bonchev–Trinajstić information content (AvgIpc) is 3.31. The second-order valence-electron chi connectivity index (χ2n) is 6.10. The molecule has 0 aromatic carbocycles.